The second-order valence-electron chi connectivity index (χ2n) is 8.85. The van der Waals surface area contributed by atoms with Crippen LogP contribution in [0.3, 0.4) is 0 Å². The Bertz CT molecular complexity index is 970. The molecule has 2 aromatic rings. The van der Waals surface area contributed by atoms with E-state index < -0.39 is 12.0 Å². The van der Waals surface area contributed by atoms with E-state index in [0.29, 0.717) is 42.5 Å². The molecule has 1 aliphatic carbocycles. The van der Waals surface area contributed by atoms with Gasteiger partial charge < -0.3 is 0 Å². The number of carbonyl (C=O) groups excluding carboxylic acids is 3. The fourth-order valence-corrected chi connectivity index (χ4v) is 5.07. The fraction of sp³-hybridized carbons (Fsp3) is 0.500. The summed E-state index contributed by atoms with van der Waals surface area (Å²) in [4.78, 5) is 42.0. The molecular formula is C24H30N4O4. The van der Waals surface area contributed by atoms with Crippen LogP contribution in [0.25, 0.3) is 10.8 Å². The van der Waals surface area contributed by atoms with Crippen molar-refractivity contribution >= 4 is 28.9 Å². The van der Waals surface area contributed by atoms with Crippen LogP contribution in [0.1, 0.15) is 44.2 Å². The molecule has 170 valence electrons. The highest BCUT2D eigenvalue weighted by Gasteiger charge is 2.38. The second-order valence-corrected chi connectivity index (χ2v) is 8.85. The van der Waals surface area contributed by atoms with Crippen molar-refractivity contribution < 1.29 is 19.6 Å². The average molecular weight is 439 g/mol. The van der Waals surface area contributed by atoms with E-state index in [2.05, 4.69) is 10.4 Å². The molecule has 8 heteroatoms. The van der Waals surface area contributed by atoms with Crippen molar-refractivity contribution in [3.05, 3.63) is 42.2 Å². The van der Waals surface area contributed by atoms with Gasteiger partial charge >= 0.3 is 0 Å². The number of Topliss-reactive ketones (excluding diaryl/α,β-unsaturated/α-hetero) is 1. The first-order valence-electron chi connectivity index (χ1n) is 11.4. The van der Waals surface area contributed by atoms with Gasteiger partial charge in [-0.15, -0.1) is 0 Å². The lowest BCUT2D eigenvalue weighted by atomic mass is 9.91. The molecule has 0 radical (unpaired) electrons. The Kier molecular flexibility index (Phi) is 7.12. The summed E-state index contributed by atoms with van der Waals surface area (Å²) in [6.45, 7) is 0.459. The Labute approximate surface area is 187 Å². The van der Waals surface area contributed by atoms with Crippen molar-refractivity contribution in [3.8, 4) is 0 Å². The standard InChI is InChI=1S/C24H30N4O4/c29-16-27(32)15-19(13-17-5-1-2-6-17)24(31)28-22(10-12-26-28)23(30)14-21-20-8-4-3-7-18(20)9-11-25-21/h3-4,7-9,11,16-17,19,22,26,32H,1-2,5-6,10,12-15H2/t19-,22+/m1/s1. The topological polar surface area (TPSA) is 103 Å². The molecule has 2 atom stereocenters. The van der Waals surface area contributed by atoms with Gasteiger partial charge in [-0.25, -0.2) is 10.5 Å². The van der Waals surface area contributed by atoms with Crippen LogP contribution in [0.2, 0.25) is 0 Å². The highest BCUT2D eigenvalue weighted by Crippen LogP contribution is 2.32. The van der Waals surface area contributed by atoms with Gasteiger partial charge in [0.15, 0.2) is 5.78 Å². The predicted octanol–water partition coefficient (Wildman–Crippen LogP) is 2.50. The smallest absolute Gasteiger partial charge is 0.242 e. The third-order valence-corrected chi connectivity index (χ3v) is 6.69. The molecule has 0 unspecified atom stereocenters. The van der Waals surface area contributed by atoms with E-state index in [1.165, 1.54) is 5.01 Å². The van der Waals surface area contributed by atoms with E-state index >= 15 is 0 Å². The Morgan fingerprint density at radius 3 is 2.78 bits per heavy atom. The predicted molar refractivity (Wildman–Crippen MR) is 118 cm³/mol. The van der Waals surface area contributed by atoms with Crippen molar-refractivity contribution in [2.75, 3.05) is 13.1 Å². The van der Waals surface area contributed by atoms with Crippen molar-refractivity contribution in [2.24, 2.45) is 11.8 Å². The number of amides is 2. The number of ketones is 1. The molecule has 4 rings (SSSR count). The summed E-state index contributed by atoms with van der Waals surface area (Å²) >= 11 is 0. The SMILES string of the molecule is O=CN(O)C[C@@H](CC1CCCC1)C(=O)N1NCC[C@H]1C(=O)Cc1nccc2ccccc12. The fourth-order valence-electron chi connectivity index (χ4n) is 5.07. The summed E-state index contributed by atoms with van der Waals surface area (Å²) in [6.07, 6.45) is 7.69. The van der Waals surface area contributed by atoms with Crippen molar-refractivity contribution in [2.45, 2.75) is 51.0 Å². The van der Waals surface area contributed by atoms with Gasteiger partial charge in [0.25, 0.3) is 0 Å². The minimum absolute atomic E-state index is 0.0666. The molecule has 2 aliphatic rings. The number of nitrogens with zero attached hydrogens (tertiary/aromatic N) is 3. The number of carbonyl (C=O) groups is 3. The molecule has 1 aromatic carbocycles. The lowest BCUT2D eigenvalue weighted by Gasteiger charge is -2.30. The minimum Gasteiger partial charge on any atom is -0.297 e. The first-order valence-corrected chi connectivity index (χ1v) is 11.4. The van der Waals surface area contributed by atoms with Crippen LogP contribution < -0.4 is 5.43 Å². The maximum absolute atomic E-state index is 13.4. The van der Waals surface area contributed by atoms with Gasteiger partial charge in [0.05, 0.1) is 24.6 Å². The summed E-state index contributed by atoms with van der Waals surface area (Å²) in [5.41, 5.74) is 3.77. The highest BCUT2D eigenvalue weighted by molar-refractivity contribution is 5.94. The molecule has 2 amide bonds. The summed E-state index contributed by atoms with van der Waals surface area (Å²) in [6, 6.07) is 9.14. The Hall–Kier alpha value is -2.84. The zero-order valence-corrected chi connectivity index (χ0v) is 18.2. The second kappa shape index (κ2) is 10.2. The molecule has 1 saturated heterocycles. The van der Waals surface area contributed by atoms with Gasteiger partial charge in [-0.05, 0) is 30.2 Å². The zero-order chi connectivity index (χ0) is 22.5. The normalized spacial score (nSPS) is 19.9. The molecule has 2 fully saturated rings. The number of hydrazine groups is 1. The van der Waals surface area contributed by atoms with Crippen LogP contribution in [0.4, 0.5) is 0 Å². The Morgan fingerprint density at radius 1 is 1.22 bits per heavy atom. The lowest BCUT2D eigenvalue weighted by Crippen LogP contribution is -2.51. The van der Waals surface area contributed by atoms with E-state index in [4.69, 9.17) is 0 Å². The first kappa shape index (κ1) is 22.4. The Morgan fingerprint density at radius 2 is 2.00 bits per heavy atom. The number of nitrogens with one attached hydrogen (secondary N) is 1. The number of aromatic nitrogens is 1. The maximum atomic E-state index is 13.4. The molecule has 1 aromatic heterocycles. The van der Waals surface area contributed by atoms with Crippen LogP contribution >= 0.6 is 0 Å². The number of hydrogen-bond donors (Lipinski definition) is 2. The first-order chi connectivity index (χ1) is 15.6. The van der Waals surface area contributed by atoms with Gasteiger partial charge in [0.2, 0.25) is 12.3 Å². The summed E-state index contributed by atoms with van der Waals surface area (Å²) in [5, 5.41) is 13.7. The average Bonchev–Trinajstić information content (AvgIpc) is 3.50. The molecular weight excluding hydrogens is 408 g/mol. The third kappa shape index (κ3) is 4.97. The van der Waals surface area contributed by atoms with Gasteiger partial charge in [0.1, 0.15) is 6.04 Å². The minimum atomic E-state index is -0.585. The molecule has 1 aliphatic heterocycles. The van der Waals surface area contributed by atoms with E-state index in [0.717, 1.165) is 36.5 Å². The quantitative estimate of drug-likeness (QED) is 0.354. The third-order valence-electron chi connectivity index (χ3n) is 6.69. The van der Waals surface area contributed by atoms with Crippen LogP contribution in [0.15, 0.2) is 36.5 Å². The number of pyridine rings is 1. The van der Waals surface area contributed by atoms with Gasteiger partial charge in [0, 0.05) is 18.1 Å². The van der Waals surface area contributed by atoms with Gasteiger partial charge in [-0.3, -0.25) is 29.6 Å². The zero-order valence-electron chi connectivity index (χ0n) is 18.2. The molecule has 2 N–H and O–H groups in total. The lowest BCUT2D eigenvalue weighted by molar-refractivity contribution is -0.159. The van der Waals surface area contributed by atoms with E-state index in [9.17, 15) is 19.6 Å². The van der Waals surface area contributed by atoms with E-state index in [-0.39, 0.29) is 24.7 Å². The van der Waals surface area contributed by atoms with Crippen molar-refractivity contribution in [1.82, 2.24) is 20.5 Å². The molecule has 8 nitrogen and oxygen atoms in total. The molecule has 0 spiro atoms. The van der Waals surface area contributed by atoms with Crippen molar-refractivity contribution in [1.29, 1.82) is 0 Å². The molecule has 0 bridgehead atoms. The summed E-state index contributed by atoms with van der Waals surface area (Å²) < 4.78 is 0. The van der Waals surface area contributed by atoms with Crippen LogP contribution in [0.5, 0.6) is 0 Å². The molecule has 32 heavy (non-hydrogen) atoms. The van der Waals surface area contributed by atoms with E-state index in [1.807, 2.05) is 30.3 Å². The van der Waals surface area contributed by atoms with Crippen LogP contribution in [0, 0.1) is 11.8 Å². The number of fused-ring (bicyclic) bond motifs is 1. The number of hydrogen-bond acceptors (Lipinski definition) is 6. The molecule has 1 saturated carbocycles. The highest BCUT2D eigenvalue weighted by atomic mass is 16.5. The monoisotopic (exact) mass is 438 g/mol. The number of rotatable bonds is 9. The van der Waals surface area contributed by atoms with Crippen LogP contribution in [-0.4, -0.2) is 57.5 Å². The molecule has 2 heterocycles. The maximum Gasteiger partial charge on any atom is 0.242 e. The van der Waals surface area contributed by atoms with Crippen LogP contribution in [-0.2, 0) is 20.8 Å². The van der Waals surface area contributed by atoms with Gasteiger partial charge in [-0.1, -0.05) is 49.9 Å². The largest absolute Gasteiger partial charge is 0.297 e. The summed E-state index contributed by atoms with van der Waals surface area (Å²) in [5.74, 6) is -0.451. The number of benzene rings is 1. The van der Waals surface area contributed by atoms with Gasteiger partial charge in [-0.2, -0.15) is 0 Å². The Balaban J connectivity index is 1.49. The summed E-state index contributed by atoms with van der Waals surface area (Å²) in [7, 11) is 0. The van der Waals surface area contributed by atoms with Crippen molar-refractivity contribution in [3.63, 3.8) is 0 Å². The number of hydroxylamine groups is 2. The van der Waals surface area contributed by atoms with E-state index in [1.54, 1.807) is 6.20 Å².